The number of primary amides is 1. The molecule has 17 nitrogen and oxygen atoms in total. The van der Waals surface area contributed by atoms with Crippen LogP contribution >= 0.6 is 0 Å². The number of nitrogens with two attached hydrogens (primary N) is 1. The van der Waals surface area contributed by atoms with E-state index in [1.54, 1.807) is 39.0 Å². The van der Waals surface area contributed by atoms with E-state index >= 15 is 0 Å². The van der Waals surface area contributed by atoms with Gasteiger partial charge < -0.3 is 52.4 Å². The fourth-order valence-electron chi connectivity index (χ4n) is 5.70. The molecule has 5 aromatic carbocycles. The minimum atomic E-state index is -1.38. The largest absolute Gasteiger partial charge is 0.508 e. The Bertz CT molecular complexity index is 2540. The number of aromatic hydroxyl groups is 2. The first-order valence-corrected chi connectivity index (χ1v) is 18.8. The Morgan fingerprint density at radius 1 is 0.645 bits per heavy atom. The van der Waals surface area contributed by atoms with E-state index in [2.05, 4.69) is 26.6 Å². The predicted molar refractivity (Wildman–Crippen MR) is 230 cm³/mol. The topological polar surface area (TPSA) is 276 Å². The summed E-state index contributed by atoms with van der Waals surface area (Å²) in [4.78, 5) is 88.5. The van der Waals surface area contributed by atoms with Gasteiger partial charge in [-0.15, -0.1) is 0 Å². The molecule has 0 bridgehead atoms. The lowest BCUT2D eigenvalue weighted by molar-refractivity contribution is -0.123. The lowest BCUT2D eigenvalue weighted by Crippen LogP contribution is -2.46. The van der Waals surface area contributed by atoms with Gasteiger partial charge in [-0.2, -0.15) is 0 Å². The number of hydrogen-bond acceptors (Lipinski definition) is 10. The second-order valence-corrected chi connectivity index (χ2v) is 14.0. The van der Waals surface area contributed by atoms with Crippen LogP contribution in [0.25, 0.3) is 6.08 Å². The van der Waals surface area contributed by atoms with Gasteiger partial charge in [0.25, 0.3) is 23.6 Å². The van der Waals surface area contributed by atoms with Crippen molar-refractivity contribution < 1.29 is 53.6 Å². The number of phenolic OH excluding ortho intramolecular Hbond substituents is 2. The molecule has 0 spiro atoms. The van der Waals surface area contributed by atoms with Gasteiger partial charge in [-0.25, -0.2) is 4.79 Å². The van der Waals surface area contributed by atoms with Gasteiger partial charge in [0.05, 0.1) is 29.3 Å². The number of carboxylic acids is 1. The Morgan fingerprint density at radius 2 is 1.18 bits per heavy atom. The maximum Gasteiger partial charge on any atom is 0.335 e. The van der Waals surface area contributed by atoms with Crippen molar-refractivity contribution in [2.45, 2.75) is 39.3 Å². The zero-order chi connectivity index (χ0) is 45.1. The number of aromatic carboxylic acids is 1. The van der Waals surface area contributed by atoms with Crippen LogP contribution in [0.15, 0.2) is 115 Å². The van der Waals surface area contributed by atoms with Gasteiger partial charge in [0.1, 0.15) is 11.8 Å². The number of carboxylic acid groups (broad SMARTS) is 1. The molecule has 0 aromatic heterocycles. The smallest absolute Gasteiger partial charge is 0.335 e. The van der Waals surface area contributed by atoms with Crippen molar-refractivity contribution in [3.8, 4) is 17.2 Å². The summed E-state index contributed by atoms with van der Waals surface area (Å²) in [5.41, 5.74) is 7.47. The van der Waals surface area contributed by atoms with Crippen molar-refractivity contribution in [2.75, 3.05) is 21.3 Å². The number of ether oxygens (including phenoxy) is 1. The summed E-state index contributed by atoms with van der Waals surface area (Å²) in [6.07, 6.45) is 0.621. The van der Waals surface area contributed by atoms with Gasteiger partial charge in [-0.05, 0) is 129 Å². The molecule has 6 amide bonds. The maximum absolute atomic E-state index is 13.3. The molecular formula is C45H42N6O11. The van der Waals surface area contributed by atoms with Crippen LogP contribution in [-0.2, 0) is 14.4 Å². The molecule has 0 saturated heterocycles. The van der Waals surface area contributed by atoms with Crippen molar-refractivity contribution in [1.29, 1.82) is 0 Å². The molecule has 0 unspecified atom stereocenters. The predicted octanol–water partition coefficient (Wildman–Crippen LogP) is 5.74. The first-order chi connectivity index (χ1) is 29.5. The number of carbonyl (C=O) groups excluding carboxylic acids is 6. The highest BCUT2D eigenvalue weighted by atomic mass is 16.5. The molecule has 5 aromatic rings. The van der Waals surface area contributed by atoms with Gasteiger partial charge in [-0.1, -0.05) is 12.1 Å². The summed E-state index contributed by atoms with van der Waals surface area (Å²) in [5.74, 6) is -5.87. The summed E-state index contributed by atoms with van der Waals surface area (Å²) in [6, 6.07) is 24.4. The van der Waals surface area contributed by atoms with Crippen LogP contribution in [-0.4, -0.2) is 68.9 Å². The van der Waals surface area contributed by atoms with Crippen LogP contribution in [0.3, 0.4) is 0 Å². The number of nitrogens with one attached hydrogen (secondary N) is 5. The van der Waals surface area contributed by atoms with E-state index in [4.69, 9.17) is 15.6 Å². The summed E-state index contributed by atoms with van der Waals surface area (Å²) in [5, 5.41) is 42.7. The monoisotopic (exact) mass is 842 g/mol. The molecule has 318 valence electrons. The van der Waals surface area contributed by atoms with E-state index < -0.39 is 65.7 Å². The SMILES string of the molecule is C/C(=C\c1ccc(O)cc1)C(=O)Nc1ccc(C(=O)N[C@@H](CC(N)=O)C(=O)Nc2ccc(C(=O)Nc3ccc(C(=O)Nc4ccc(C(=O)O)cc4)c(O)c3OC(C)C)cc2)cc1. The molecule has 5 rings (SSSR count). The molecule has 0 aliphatic heterocycles. The lowest BCUT2D eigenvalue weighted by atomic mass is 10.1. The highest BCUT2D eigenvalue weighted by Gasteiger charge is 2.25. The number of phenols is 2. The highest BCUT2D eigenvalue weighted by Crippen LogP contribution is 2.39. The molecule has 62 heavy (non-hydrogen) atoms. The van der Waals surface area contributed by atoms with E-state index in [1.165, 1.54) is 97.1 Å². The number of amides is 6. The van der Waals surface area contributed by atoms with E-state index in [0.29, 0.717) is 16.8 Å². The summed E-state index contributed by atoms with van der Waals surface area (Å²) < 4.78 is 5.77. The number of anilines is 4. The Hall–Kier alpha value is -8.47. The highest BCUT2D eigenvalue weighted by molar-refractivity contribution is 6.10. The second kappa shape index (κ2) is 20.0. The van der Waals surface area contributed by atoms with Crippen molar-refractivity contribution in [2.24, 2.45) is 5.73 Å². The van der Waals surface area contributed by atoms with Crippen molar-refractivity contribution in [1.82, 2.24) is 5.32 Å². The van der Waals surface area contributed by atoms with Crippen LogP contribution in [0.4, 0.5) is 22.7 Å². The average Bonchev–Trinajstić information content (AvgIpc) is 3.23. The Kier molecular flexibility index (Phi) is 14.4. The van der Waals surface area contributed by atoms with Gasteiger partial charge >= 0.3 is 5.97 Å². The molecule has 0 aliphatic rings. The zero-order valence-corrected chi connectivity index (χ0v) is 33.5. The Labute approximate surface area is 354 Å². The van der Waals surface area contributed by atoms with Crippen LogP contribution in [0.5, 0.6) is 17.2 Å². The molecule has 0 fully saturated rings. The van der Waals surface area contributed by atoms with E-state index in [-0.39, 0.29) is 50.8 Å². The molecule has 17 heteroatoms. The van der Waals surface area contributed by atoms with Crippen molar-refractivity contribution in [3.63, 3.8) is 0 Å². The molecule has 0 radical (unpaired) electrons. The van der Waals surface area contributed by atoms with Gasteiger partial charge in [-0.3, -0.25) is 28.8 Å². The normalized spacial score (nSPS) is 11.5. The standard InChI is InChI=1S/C45H42N6O11/c1-24(2)62-39-35(21-20-34(38(39)54)43(58)48-31-16-10-29(11-17-31)45(60)61)50-41(56)27-8-14-32(15-9-27)49-44(59)36(23-37(46)53)51-42(57)28-6-12-30(13-7-28)47-40(55)25(3)22-26-4-18-33(52)19-5-26/h4-22,24,36,52,54H,23H2,1-3H3,(H2,46,53)(H,47,55)(H,48,58)(H,49,59)(H,50,56)(H,51,57)(H,60,61)/b25-22+/t36-/m0/s1. The molecule has 0 saturated carbocycles. The van der Waals surface area contributed by atoms with Crippen LogP contribution in [0, 0.1) is 0 Å². The number of rotatable bonds is 16. The average molecular weight is 843 g/mol. The van der Waals surface area contributed by atoms with Crippen molar-refractivity contribution in [3.05, 3.63) is 143 Å². The van der Waals surface area contributed by atoms with Gasteiger partial charge in [0, 0.05) is 33.8 Å². The number of carbonyl (C=O) groups is 7. The Balaban J connectivity index is 1.20. The minimum absolute atomic E-state index is 0.0202. The quantitative estimate of drug-likeness (QED) is 0.0540. The van der Waals surface area contributed by atoms with Gasteiger partial charge in [0.2, 0.25) is 11.8 Å². The Morgan fingerprint density at radius 3 is 1.73 bits per heavy atom. The lowest BCUT2D eigenvalue weighted by Gasteiger charge is -2.19. The van der Waals surface area contributed by atoms with Crippen LogP contribution in [0.1, 0.15) is 74.2 Å². The van der Waals surface area contributed by atoms with E-state index in [9.17, 15) is 43.8 Å². The molecule has 0 heterocycles. The van der Waals surface area contributed by atoms with E-state index in [1.807, 2.05) is 0 Å². The zero-order valence-electron chi connectivity index (χ0n) is 33.5. The molecule has 0 aliphatic carbocycles. The fraction of sp³-hybridized carbons (Fsp3) is 0.133. The number of benzene rings is 5. The molecule has 10 N–H and O–H groups in total. The summed E-state index contributed by atoms with van der Waals surface area (Å²) >= 11 is 0. The third-order valence-corrected chi connectivity index (χ3v) is 8.85. The fourth-order valence-corrected chi connectivity index (χ4v) is 5.70. The third-order valence-electron chi connectivity index (χ3n) is 8.85. The third kappa shape index (κ3) is 12.0. The van der Waals surface area contributed by atoms with Crippen LogP contribution < -0.4 is 37.1 Å². The minimum Gasteiger partial charge on any atom is -0.508 e. The molecular weight excluding hydrogens is 801 g/mol. The number of hydrogen-bond donors (Lipinski definition) is 9. The van der Waals surface area contributed by atoms with Crippen LogP contribution in [0.2, 0.25) is 0 Å². The summed E-state index contributed by atoms with van der Waals surface area (Å²) in [7, 11) is 0. The first kappa shape index (κ1) is 44.6. The maximum atomic E-state index is 13.3. The molecule has 1 atom stereocenters. The van der Waals surface area contributed by atoms with Crippen molar-refractivity contribution >= 4 is 70.2 Å². The van der Waals surface area contributed by atoms with Gasteiger partial charge in [0.15, 0.2) is 11.5 Å². The first-order valence-electron chi connectivity index (χ1n) is 18.8. The summed E-state index contributed by atoms with van der Waals surface area (Å²) in [6.45, 7) is 4.98. The van der Waals surface area contributed by atoms with E-state index in [0.717, 1.165) is 0 Å². The second-order valence-electron chi connectivity index (χ2n) is 14.0.